The second kappa shape index (κ2) is 7.24. The number of halogens is 1. The van der Waals surface area contributed by atoms with Gasteiger partial charge in [0.15, 0.2) is 0 Å². The molecule has 6 nitrogen and oxygen atoms in total. The Morgan fingerprint density at radius 2 is 1.82 bits per heavy atom. The molecule has 0 radical (unpaired) electrons. The molecule has 1 aromatic heterocycles. The molecule has 0 bridgehead atoms. The molecule has 1 heterocycles. The van der Waals surface area contributed by atoms with Crippen LogP contribution in [0.15, 0.2) is 0 Å². The lowest BCUT2D eigenvalue weighted by Gasteiger charge is -2.09. The Morgan fingerprint density at radius 1 is 1.18 bits per heavy atom. The second-order valence-corrected chi connectivity index (χ2v) is 3.97. The van der Waals surface area contributed by atoms with Crippen molar-refractivity contribution in [1.82, 2.24) is 15.0 Å². The zero-order valence-electron chi connectivity index (χ0n) is 10.3. The summed E-state index contributed by atoms with van der Waals surface area (Å²) in [7, 11) is 0. The molecule has 7 heteroatoms. The molecule has 0 saturated carbocycles. The Labute approximate surface area is 106 Å². The minimum absolute atomic E-state index is 0.170. The Bertz CT molecular complexity index is 347. The summed E-state index contributed by atoms with van der Waals surface area (Å²) in [5, 5.41) is 6.18. The first-order valence-corrected chi connectivity index (χ1v) is 6.00. The van der Waals surface area contributed by atoms with E-state index < -0.39 is 0 Å². The van der Waals surface area contributed by atoms with Gasteiger partial charge in [0.1, 0.15) is 0 Å². The maximum absolute atomic E-state index is 5.78. The normalized spacial score (nSPS) is 10.6. The first-order chi connectivity index (χ1) is 8.11. The van der Waals surface area contributed by atoms with Crippen LogP contribution < -0.4 is 10.6 Å². The van der Waals surface area contributed by atoms with Crippen molar-refractivity contribution < 1.29 is 4.74 Å². The van der Waals surface area contributed by atoms with Crippen LogP contribution in [0.1, 0.15) is 20.8 Å². The molecule has 0 saturated heterocycles. The SMILES string of the molecule is CCNc1nc(Cl)nc(NCCOC(C)C)n1. The predicted molar refractivity (Wildman–Crippen MR) is 68.6 cm³/mol. The summed E-state index contributed by atoms with van der Waals surface area (Å²) in [6.07, 6.45) is 0.219. The maximum Gasteiger partial charge on any atom is 0.228 e. The molecule has 0 atom stereocenters. The highest BCUT2D eigenvalue weighted by atomic mass is 35.5. The van der Waals surface area contributed by atoms with Crippen LogP contribution in [0.2, 0.25) is 5.28 Å². The molecule has 0 spiro atoms. The second-order valence-electron chi connectivity index (χ2n) is 3.63. The van der Waals surface area contributed by atoms with Crippen molar-refractivity contribution >= 4 is 23.5 Å². The van der Waals surface area contributed by atoms with Crippen molar-refractivity contribution in [2.45, 2.75) is 26.9 Å². The quantitative estimate of drug-likeness (QED) is 0.728. The van der Waals surface area contributed by atoms with Gasteiger partial charge in [-0.15, -0.1) is 0 Å². The number of hydrogen-bond acceptors (Lipinski definition) is 6. The summed E-state index contributed by atoms with van der Waals surface area (Å²) in [5.41, 5.74) is 0. The predicted octanol–water partition coefficient (Wildman–Crippen LogP) is 1.79. The number of rotatable bonds is 7. The highest BCUT2D eigenvalue weighted by Crippen LogP contribution is 2.08. The van der Waals surface area contributed by atoms with Crippen molar-refractivity contribution in [2.75, 3.05) is 30.3 Å². The van der Waals surface area contributed by atoms with Crippen LogP contribution in [0, 0.1) is 0 Å². The third-order valence-corrected chi connectivity index (χ3v) is 1.95. The van der Waals surface area contributed by atoms with E-state index >= 15 is 0 Å². The number of aromatic nitrogens is 3. The van der Waals surface area contributed by atoms with Crippen molar-refractivity contribution in [3.05, 3.63) is 5.28 Å². The summed E-state index contributed by atoms with van der Waals surface area (Å²) in [4.78, 5) is 12.1. The van der Waals surface area contributed by atoms with E-state index in [-0.39, 0.29) is 11.4 Å². The Morgan fingerprint density at radius 3 is 2.41 bits per heavy atom. The van der Waals surface area contributed by atoms with Gasteiger partial charge >= 0.3 is 0 Å². The fourth-order valence-corrected chi connectivity index (χ4v) is 1.28. The maximum atomic E-state index is 5.78. The van der Waals surface area contributed by atoms with E-state index in [1.54, 1.807) is 0 Å². The minimum atomic E-state index is 0.170. The molecule has 0 amide bonds. The molecule has 17 heavy (non-hydrogen) atoms. The van der Waals surface area contributed by atoms with Crippen molar-refractivity contribution in [2.24, 2.45) is 0 Å². The summed E-state index contributed by atoms with van der Waals surface area (Å²) < 4.78 is 5.39. The van der Waals surface area contributed by atoms with E-state index in [2.05, 4.69) is 25.6 Å². The number of nitrogens with one attached hydrogen (secondary N) is 2. The van der Waals surface area contributed by atoms with Crippen molar-refractivity contribution in [1.29, 1.82) is 0 Å². The van der Waals surface area contributed by atoms with Gasteiger partial charge in [-0.25, -0.2) is 0 Å². The van der Waals surface area contributed by atoms with Crippen LogP contribution in [0.3, 0.4) is 0 Å². The van der Waals surface area contributed by atoms with Gasteiger partial charge in [0, 0.05) is 13.1 Å². The molecule has 0 fully saturated rings. The van der Waals surface area contributed by atoms with E-state index in [9.17, 15) is 0 Å². The molecule has 0 aromatic carbocycles. The Kier molecular flexibility index (Phi) is 5.93. The van der Waals surface area contributed by atoms with E-state index in [1.807, 2.05) is 20.8 Å². The van der Waals surface area contributed by atoms with Crippen LogP contribution in [-0.4, -0.2) is 40.8 Å². The Balaban J connectivity index is 2.46. The molecule has 0 aliphatic rings. The lowest BCUT2D eigenvalue weighted by Crippen LogP contribution is -2.15. The molecular weight excluding hydrogens is 242 g/mol. The molecule has 0 aliphatic heterocycles. The monoisotopic (exact) mass is 259 g/mol. The molecule has 1 rings (SSSR count). The van der Waals surface area contributed by atoms with Gasteiger partial charge in [0.2, 0.25) is 17.2 Å². The average molecular weight is 260 g/mol. The largest absolute Gasteiger partial charge is 0.377 e. The molecule has 96 valence electrons. The zero-order chi connectivity index (χ0) is 12.7. The molecule has 0 aliphatic carbocycles. The van der Waals surface area contributed by atoms with Crippen LogP contribution in [0.5, 0.6) is 0 Å². The van der Waals surface area contributed by atoms with E-state index in [0.717, 1.165) is 6.54 Å². The van der Waals surface area contributed by atoms with Gasteiger partial charge in [0.25, 0.3) is 0 Å². The fourth-order valence-electron chi connectivity index (χ4n) is 1.12. The lowest BCUT2D eigenvalue weighted by molar-refractivity contribution is 0.0870. The highest BCUT2D eigenvalue weighted by Gasteiger charge is 2.03. The smallest absolute Gasteiger partial charge is 0.228 e. The fraction of sp³-hybridized carbons (Fsp3) is 0.700. The number of nitrogens with zero attached hydrogens (tertiary/aromatic N) is 3. The van der Waals surface area contributed by atoms with Gasteiger partial charge in [0.05, 0.1) is 12.7 Å². The first kappa shape index (κ1) is 13.9. The minimum Gasteiger partial charge on any atom is -0.377 e. The summed E-state index contributed by atoms with van der Waals surface area (Å²) in [5.74, 6) is 0.924. The third-order valence-electron chi connectivity index (χ3n) is 1.78. The van der Waals surface area contributed by atoms with Gasteiger partial charge in [-0.3, -0.25) is 0 Å². The van der Waals surface area contributed by atoms with E-state index in [0.29, 0.717) is 25.0 Å². The Hall–Kier alpha value is -1.14. The topological polar surface area (TPSA) is 72.0 Å². The van der Waals surface area contributed by atoms with E-state index in [4.69, 9.17) is 16.3 Å². The van der Waals surface area contributed by atoms with Crippen LogP contribution in [-0.2, 0) is 4.74 Å². The summed E-state index contributed by atoms with van der Waals surface area (Å²) >= 11 is 5.78. The van der Waals surface area contributed by atoms with Gasteiger partial charge in [-0.1, -0.05) is 0 Å². The number of anilines is 2. The third kappa shape index (κ3) is 5.65. The van der Waals surface area contributed by atoms with Gasteiger partial charge in [-0.05, 0) is 32.4 Å². The summed E-state index contributed by atoms with van der Waals surface area (Å²) in [6, 6.07) is 0. The van der Waals surface area contributed by atoms with Crippen LogP contribution in [0.25, 0.3) is 0 Å². The highest BCUT2D eigenvalue weighted by molar-refractivity contribution is 6.28. The van der Waals surface area contributed by atoms with Crippen molar-refractivity contribution in [3.63, 3.8) is 0 Å². The number of ether oxygens (including phenoxy) is 1. The lowest BCUT2D eigenvalue weighted by atomic mass is 10.5. The first-order valence-electron chi connectivity index (χ1n) is 5.62. The van der Waals surface area contributed by atoms with Gasteiger partial charge in [-0.2, -0.15) is 15.0 Å². The summed E-state index contributed by atoms with van der Waals surface area (Å²) in [6.45, 7) is 7.89. The molecule has 0 unspecified atom stereocenters. The molecular formula is C10H18ClN5O. The standard InChI is InChI=1S/C10H18ClN5O/c1-4-12-9-14-8(11)15-10(16-9)13-5-6-17-7(2)3/h7H,4-6H2,1-3H3,(H2,12,13,14,15,16). The average Bonchev–Trinajstić information content (AvgIpc) is 2.24. The van der Waals surface area contributed by atoms with Crippen molar-refractivity contribution in [3.8, 4) is 0 Å². The number of hydrogen-bond donors (Lipinski definition) is 2. The van der Waals surface area contributed by atoms with Gasteiger partial charge < -0.3 is 15.4 Å². The van der Waals surface area contributed by atoms with Crippen LogP contribution >= 0.6 is 11.6 Å². The molecule has 1 aromatic rings. The van der Waals surface area contributed by atoms with Crippen LogP contribution in [0.4, 0.5) is 11.9 Å². The zero-order valence-corrected chi connectivity index (χ0v) is 11.1. The molecule has 2 N–H and O–H groups in total. The van der Waals surface area contributed by atoms with E-state index in [1.165, 1.54) is 0 Å².